The van der Waals surface area contributed by atoms with Crippen molar-refractivity contribution in [2.75, 3.05) is 7.11 Å². The SMILES string of the molecule is [CH2]c1ccc(OC)cc1C(O)C(=O)O. The lowest BCUT2D eigenvalue weighted by atomic mass is 10.0. The van der Waals surface area contributed by atoms with E-state index in [0.717, 1.165) is 0 Å². The zero-order chi connectivity index (χ0) is 10.7. The maximum Gasteiger partial charge on any atom is 0.337 e. The van der Waals surface area contributed by atoms with Crippen LogP contribution < -0.4 is 4.74 Å². The van der Waals surface area contributed by atoms with Crippen molar-refractivity contribution >= 4 is 5.97 Å². The Labute approximate surface area is 81.8 Å². The van der Waals surface area contributed by atoms with Gasteiger partial charge in [-0.1, -0.05) is 6.07 Å². The van der Waals surface area contributed by atoms with Crippen LogP contribution in [-0.2, 0) is 4.79 Å². The van der Waals surface area contributed by atoms with Crippen LogP contribution in [0.2, 0.25) is 0 Å². The summed E-state index contributed by atoms with van der Waals surface area (Å²) in [5, 5.41) is 17.9. The molecule has 4 heteroatoms. The number of aliphatic carboxylic acids is 1. The first kappa shape index (κ1) is 10.5. The summed E-state index contributed by atoms with van der Waals surface area (Å²) in [5.74, 6) is -0.809. The molecule has 4 nitrogen and oxygen atoms in total. The summed E-state index contributed by atoms with van der Waals surface area (Å²) in [5.41, 5.74) is 0.720. The first-order chi connectivity index (χ1) is 6.56. The Morgan fingerprint density at radius 2 is 2.21 bits per heavy atom. The third kappa shape index (κ3) is 2.03. The molecule has 0 spiro atoms. The van der Waals surface area contributed by atoms with E-state index in [1.807, 2.05) is 0 Å². The van der Waals surface area contributed by atoms with Crippen LogP contribution in [0.15, 0.2) is 18.2 Å². The highest BCUT2D eigenvalue weighted by molar-refractivity contribution is 5.75. The molecule has 0 amide bonds. The van der Waals surface area contributed by atoms with Gasteiger partial charge in [-0.2, -0.15) is 0 Å². The fourth-order valence-electron chi connectivity index (χ4n) is 1.09. The summed E-state index contributed by atoms with van der Waals surface area (Å²) < 4.78 is 4.91. The molecule has 0 aromatic heterocycles. The standard InChI is InChI=1S/C10H11O4/c1-6-3-4-7(14-2)5-8(6)9(11)10(12)13/h3-5,9,11H,1H2,2H3,(H,12,13). The van der Waals surface area contributed by atoms with Crippen LogP contribution in [0.1, 0.15) is 17.2 Å². The maximum atomic E-state index is 10.5. The van der Waals surface area contributed by atoms with Crippen molar-refractivity contribution in [3.05, 3.63) is 36.2 Å². The first-order valence-corrected chi connectivity index (χ1v) is 3.97. The Bertz CT molecular complexity index is 346. The van der Waals surface area contributed by atoms with Crippen LogP contribution in [-0.4, -0.2) is 23.3 Å². The first-order valence-electron chi connectivity index (χ1n) is 3.97. The predicted octanol–water partition coefficient (Wildman–Crippen LogP) is 0.995. The van der Waals surface area contributed by atoms with E-state index in [9.17, 15) is 9.90 Å². The quantitative estimate of drug-likeness (QED) is 0.754. The minimum atomic E-state index is -1.56. The van der Waals surface area contributed by atoms with E-state index in [2.05, 4.69) is 6.92 Å². The van der Waals surface area contributed by atoms with E-state index < -0.39 is 12.1 Å². The Balaban J connectivity index is 3.11. The van der Waals surface area contributed by atoms with E-state index in [1.54, 1.807) is 12.1 Å². The molecule has 2 N–H and O–H groups in total. The van der Waals surface area contributed by atoms with Crippen molar-refractivity contribution < 1.29 is 19.7 Å². The third-order valence-corrected chi connectivity index (χ3v) is 1.88. The predicted molar refractivity (Wildman–Crippen MR) is 50.0 cm³/mol. The van der Waals surface area contributed by atoms with E-state index in [-0.39, 0.29) is 5.56 Å². The van der Waals surface area contributed by atoms with Crippen molar-refractivity contribution in [1.29, 1.82) is 0 Å². The average Bonchev–Trinajstić information content (AvgIpc) is 2.17. The summed E-state index contributed by atoms with van der Waals surface area (Å²) in [6.07, 6.45) is -1.56. The van der Waals surface area contributed by atoms with E-state index in [1.165, 1.54) is 13.2 Å². The van der Waals surface area contributed by atoms with Gasteiger partial charge in [0.1, 0.15) is 5.75 Å². The summed E-state index contributed by atoms with van der Waals surface area (Å²) in [6, 6.07) is 4.71. The highest BCUT2D eigenvalue weighted by atomic mass is 16.5. The van der Waals surface area contributed by atoms with Crippen LogP contribution >= 0.6 is 0 Å². The van der Waals surface area contributed by atoms with Crippen LogP contribution in [0.3, 0.4) is 0 Å². The Morgan fingerprint density at radius 1 is 1.57 bits per heavy atom. The van der Waals surface area contributed by atoms with Crippen LogP contribution in [0.25, 0.3) is 0 Å². The second-order valence-corrected chi connectivity index (χ2v) is 2.81. The molecule has 1 unspecified atom stereocenters. The number of benzene rings is 1. The second kappa shape index (κ2) is 4.11. The fourth-order valence-corrected chi connectivity index (χ4v) is 1.09. The molecule has 1 atom stereocenters. The van der Waals surface area contributed by atoms with E-state index in [0.29, 0.717) is 11.3 Å². The molecule has 14 heavy (non-hydrogen) atoms. The third-order valence-electron chi connectivity index (χ3n) is 1.88. The van der Waals surface area contributed by atoms with Gasteiger partial charge >= 0.3 is 5.97 Å². The number of rotatable bonds is 3. The molecular formula is C10H11O4. The van der Waals surface area contributed by atoms with Gasteiger partial charge in [0.15, 0.2) is 6.10 Å². The Hall–Kier alpha value is -1.55. The Kier molecular flexibility index (Phi) is 3.09. The van der Waals surface area contributed by atoms with Gasteiger partial charge in [0.2, 0.25) is 0 Å². The van der Waals surface area contributed by atoms with Gasteiger partial charge in [0, 0.05) is 0 Å². The zero-order valence-electron chi connectivity index (χ0n) is 7.73. The van der Waals surface area contributed by atoms with Crippen LogP contribution in [0, 0.1) is 6.92 Å². The maximum absolute atomic E-state index is 10.5. The smallest absolute Gasteiger partial charge is 0.337 e. The molecule has 0 fully saturated rings. The van der Waals surface area contributed by atoms with Gasteiger partial charge < -0.3 is 14.9 Å². The molecule has 0 saturated heterocycles. The Morgan fingerprint density at radius 3 is 2.71 bits per heavy atom. The summed E-state index contributed by atoms with van der Waals surface area (Å²) in [4.78, 5) is 10.5. The number of carboxylic acids is 1. The van der Waals surface area contributed by atoms with Crippen molar-refractivity contribution in [1.82, 2.24) is 0 Å². The van der Waals surface area contributed by atoms with Crippen LogP contribution in [0.4, 0.5) is 0 Å². The molecule has 0 saturated carbocycles. The molecule has 1 radical (unpaired) electrons. The van der Waals surface area contributed by atoms with E-state index >= 15 is 0 Å². The number of hydrogen-bond donors (Lipinski definition) is 2. The van der Waals surface area contributed by atoms with Gasteiger partial charge in [-0.15, -0.1) is 0 Å². The molecule has 0 aliphatic heterocycles. The highest BCUT2D eigenvalue weighted by Gasteiger charge is 2.18. The molecule has 75 valence electrons. The van der Waals surface area contributed by atoms with Crippen molar-refractivity contribution in [2.24, 2.45) is 0 Å². The number of hydrogen-bond acceptors (Lipinski definition) is 3. The summed E-state index contributed by atoms with van der Waals surface area (Å²) in [7, 11) is 1.47. The van der Waals surface area contributed by atoms with Gasteiger partial charge in [0.05, 0.1) is 7.11 Å². The van der Waals surface area contributed by atoms with Gasteiger partial charge in [-0.05, 0) is 30.2 Å². The minimum absolute atomic E-state index is 0.247. The number of carboxylic acid groups (broad SMARTS) is 1. The lowest BCUT2D eigenvalue weighted by Crippen LogP contribution is -2.11. The number of aliphatic hydroxyl groups excluding tert-OH is 1. The van der Waals surface area contributed by atoms with Gasteiger partial charge in [0.25, 0.3) is 0 Å². The monoisotopic (exact) mass is 195 g/mol. The van der Waals surface area contributed by atoms with Crippen molar-refractivity contribution in [3.63, 3.8) is 0 Å². The lowest BCUT2D eigenvalue weighted by molar-refractivity contribution is -0.146. The summed E-state index contributed by atoms with van der Waals surface area (Å²) >= 11 is 0. The molecule has 0 bridgehead atoms. The number of carbonyl (C=O) groups is 1. The van der Waals surface area contributed by atoms with Crippen LogP contribution in [0.5, 0.6) is 5.75 Å². The number of aliphatic hydroxyl groups is 1. The molecule has 1 aromatic rings. The second-order valence-electron chi connectivity index (χ2n) is 2.81. The molecule has 0 heterocycles. The normalized spacial score (nSPS) is 12.2. The molecule has 0 aliphatic carbocycles. The molecule has 1 aromatic carbocycles. The van der Waals surface area contributed by atoms with Crippen molar-refractivity contribution in [2.45, 2.75) is 6.10 Å². The largest absolute Gasteiger partial charge is 0.497 e. The van der Waals surface area contributed by atoms with E-state index in [4.69, 9.17) is 9.84 Å². The molecular weight excluding hydrogens is 184 g/mol. The molecule has 1 rings (SSSR count). The lowest BCUT2D eigenvalue weighted by Gasteiger charge is -2.10. The topological polar surface area (TPSA) is 66.8 Å². The highest BCUT2D eigenvalue weighted by Crippen LogP contribution is 2.23. The number of methoxy groups -OCH3 is 1. The zero-order valence-corrected chi connectivity index (χ0v) is 7.73. The van der Waals surface area contributed by atoms with Gasteiger partial charge in [-0.25, -0.2) is 4.79 Å². The minimum Gasteiger partial charge on any atom is -0.497 e. The molecule has 0 aliphatic rings. The fraction of sp³-hybridized carbons (Fsp3) is 0.200. The average molecular weight is 195 g/mol. The number of ether oxygens (including phenoxy) is 1. The van der Waals surface area contributed by atoms with Gasteiger partial charge in [-0.3, -0.25) is 0 Å². The summed E-state index contributed by atoms with van der Waals surface area (Å²) in [6.45, 7) is 3.62. The van der Waals surface area contributed by atoms with Crippen molar-refractivity contribution in [3.8, 4) is 5.75 Å².